The van der Waals surface area contributed by atoms with Crippen LogP contribution in [0.2, 0.25) is 0 Å². The lowest BCUT2D eigenvalue weighted by Crippen LogP contribution is -1.96. The number of hydrogen-bond acceptors (Lipinski definition) is 2. The Balaban J connectivity index is 1.03. The zero-order valence-electron chi connectivity index (χ0n) is 30.8. The third-order valence-corrected chi connectivity index (χ3v) is 11.5. The Bertz CT molecular complexity index is 3460. The van der Waals surface area contributed by atoms with Gasteiger partial charge < -0.3 is 13.6 Å². The molecule has 0 amide bonds. The van der Waals surface area contributed by atoms with E-state index in [1.165, 1.54) is 66.0 Å². The zero-order chi connectivity index (χ0) is 37.5. The SMILES string of the molecule is c1ccc(-c2cc(-c3ccccc3)cc(-n3c4ccccc4c4cc(-c5ccc6c(c5)c5ccccc5n6-c5ccc6oc7cccnc7c6c5)ccc43)c2)cc1. The Labute approximate surface area is 328 Å². The average Bonchev–Trinajstić information content (AvgIpc) is 3.94. The van der Waals surface area contributed by atoms with Crippen molar-refractivity contribution in [3.8, 4) is 44.8 Å². The molecule has 8 aromatic carbocycles. The van der Waals surface area contributed by atoms with Crippen molar-refractivity contribution in [2.24, 2.45) is 0 Å². The fraction of sp³-hybridized carbons (Fsp3) is 0. The predicted octanol–water partition coefficient (Wildman–Crippen LogP) is 14.2. The summed E-state index contributed by atoms with van der Waals surface area (Å²) in [5.41, 5.74) is 16.6. The van der Waals surface area contributed by atoms with Crippen LogP contribution < -0.4 is 0 Å². The van der Waals surface area contributed by atoms with Gasteiger partial charge in [-0.1, -0.05) is 109 Å². The Morgan fingerprint density at radius 3 is 1.47 bits per heavy atom. The van der Waals surface area contributed by atoms with Crippen molar-refractivity contribution in [2.45, 2.75) is 0 Å². The lowest BCUT2D eigenvalue weighted by atomic mass is 9.98. The van der Waals surface area contributed by atoms with Crippen molar-refractivity contribution in [3.63, 3.8) is 0 Å². The van der Waals surface area contributed by atoms with E-state index in [4.69, 9.17) is 4.42 Å². The number of aromatic nitrogens is 3. The van der Waals surface area contributed by atoms with Crippen LogP contribution in [0.3, 0.4) is 0 Å². The van der Waals surface area contributed by atoms with Gasteiger partial charge in [-0.15, -0.1) is 0 Å². The minimum atomic E-state index is 0.800. The summed E-state index contributed by atoms with van der Waals surface area (Å²) in [7, 11) is 0. The van der Waals surface area contributed by atoms with Crippen LogP contribution >= 0.6 is 0 Å². The van der Waals surface area contributed by atoms with E-state index in [0.717, 1.165) is 44.5 Å². The Morgan fingerprint density at radius 1 is 0.316 bits per heavy atom. The van der Waals surface area contributed by atoms with Gasteiger partial charge in [0.25, 0.3) is 0 Å². The molecular formula is C53H33N3O. The predicted molar refractivity (Wildman–Crippen MR) is 237 cm³/mol. The summed E-state index contributed by atoms with van der Waals surface area (Å²) in [6, 6.07) is 70.0. The molecule has 4 aromatic heterocycles. The molecule has 0 fully saturated rings. The number of rotatable bonds is 5. The van der Waals surface area contributed by atoms with Crippen molar-refractivity contribution in [2.75, 3.05) is 0 Å². The molecule has 0 aliphatic carbocycles. The maximum Gasteiger partial charge on any atom is 0.153 e. The molecule has 0 unspecified atom stereocenters. The van der Waals surface area contributed by atoms with Crippen LogP contribution in [0.1, 0.15) is 0 Å². The van der Waals surface area contributed by atoms with Crippen molar-refractivity contribution in [1.82, 2.24) is 14.1 Å². The molecule has 0 saturated heterocycles. The highest BCUT2D eigenvalue weighted by atomic mass is 16.3. The standard InChI is InChI=1S/C53H33N3O/c1-3-12-34(13-4-1)38-28-39(35-14-5-2-6-15-35)30-41(29-38)56-48-19-10-8-17-43(48)45-32-37(22-25-50(45)56)36-21-24-49-44(31-36)42-16-7-9-18-47(42)55(49)40-23-26-51-46(33-40)53-52(57-51)20-11-27-54-53/h1-33H. The highest BCUT2D eigenvalue weighted by molar-refractivity contribution is 6.13. The minimum absolute atomic E-state index is 0.800. The van der Waals surface area contributed by atoms with Gasteiger partial charge >= 0.3 is 0 Å². The van der Waals surface area contributed by atoms with E-state index in [2.05, 4.69) is 196 Å². The van der Waals surface area contributed by atoms with Crippen LogP contribution in [-0.4, -0.2) is 14.1 Å². The first-order chi connectivity index (χ1) is 28.2. The summed E-state index contributed by atoms with van der Waals surface area (Å²) < 4.78 is 10.9. The van der Waals surface area contributed by atoms with E-state index in [9.17, 15) is 0 Å². The van der Waals surface area contributed by atoms with Crippen molar-refractivity contribution in [3.05, 3.63) is 200 Å². The number of hydrogen-bond donors (Lipinski definition) is 0. The van der Waals surface area contributed by atoms with Crippen molar-refractivity contribution in [1.29, 1.82) is 0 Å². The molecule has 12 rings (SSSR count). The summed E-state index contributed by atoms with van der Waals surface area (Å²) >= 11 is 0. The van der Waals surface area contributed by atoms with Crippen LogP contribution in [0, 0.1) is 0 Å². The first kappa shape index (κ1) is 31.6. The van der Waals surface area contributed by atoms with Crippen molar-refractivity contribution >= 4 is 65.7 Å². The third kappa shape index (κ3) is 4.98. The number of benzene rings is 8. The topological polar surface area (TPSA) is 35.9 Å². The van der Waals surface area contributed by atoms with Gasteiger partial charge in [-0.3, -0.25) is 4.98 Å². The average molecular weight is 728 g/mol. The smallest absolute Gasteiger partial charge is 0.153 e. The van der Waals surface area contributed by atoms with Crippen LogP contribution in [-0.2, 0) is 0 Å². The zero-order valence-corrected chi connectivity index (χ0v) is 30.8. The van der Waals surface area contributed by atoms with Crippen LogP contribution in [0.4, 0.5) is 0 Å². The number of pyridine rings is 1. The lowest BCUT2D eigenvalue weighted by molar-refractivity contribution is 0.668. The minimum Gasteiger partial charge on any atom is -0.454 e. The van der Waals surface area contributed by atoms with Gasteiger partial charge in [-0.2, -0.15) is 0 Å². The molecule has 0 aliphatic heterocycles. The van der Waals surface area contributed by atoms with Gasteiger partial charge in [0, 0.05) is 44.5 Å². The summed E-state index contributed by atoms with van der Waals surface area (Å²) in [5.74, 6) is 0. The molecule has 0 N–H and O–H groups in total. The molecule has 12 aromatic rings. The second kappa shape index (κ2) is 12.4. The van der Waals surface area contributed by atoms with E-state index in [1.54, 1.807) is 0 Å². The Hall–Kier alpha value is -7.69. The largest absolute Gasteiger partial charge is 0.454 e. The number of fused-ring (bicyclic) bond motifs is 9. The first-order valence-corrected chi connectivity index (χ1v) is 19.4. The third-order valence-electron chi connectivity index (χ3n) is 11.5. The Morgan fingerprint density at radius 2 is 0.860 bits per heavy atom. The lowest BCUT2D eigenvalue weighted by Gasteiger charge is -2.14. The highest BCUT2D eigenvalue weighted by Crippen LogP contribution is 2.40. The molecule has 0 bridgehead atoms. The van der Waals surface area contributed by atoms with Gasteiger partial charge in [0.15, 0.2) is 5.58 Å². The van der Waals surface area contributed by atoms with E-state index < -0.39 is 0 Å². The van der Waals surface area contributed by atoms with Crippen molar-refractivity contribution < 1.29 is 4.42 Å². The van der Waals surface area contributed by atoms with E-state index in [1.807, 2.05) is 18.3 Å². The molecule has 0 saturated carbocycles. The maximum atomic E-state index is 6.12. The second-order valence-corrected chi connectivity index (χ2v) is 14.8. The molecule has 4 heterocycles. The maximum absolute atomic E-state index is 6.12. The molecule has 57 heavy (non-hydrogen) atoms. The second-order valence-electron chi connectivity index (χ2n) is 14.8. The van der Waals surface area contributed by atoms with Crippen LogP contribution in [0.15, 0.2) is 205 Å². The van der Waals surface area contributed by atoms with Crippen LogP contribution in [0.25, 0.3) is 110 Å². The molecular weight excluding hydrogens is 695 g/mol. The summed E-state index contributed by atoms with van der Waals surface area (Å²) in [6.45, 7) is 0. The molecule has 0 radical (unpaired) electrons. The van der Waals surface area contributed by atoms with E-state index in [-0.39, 0.29) is 0 Å². The molecule has 0 spiro atoms. The van der Waals surface area contributed by atoms with Gasteiger partial charge in [-0.05, 0) is 118 Å². The highest BCUT2D eigenvalue weighted by Gasteiger charge is 2.18. The normalized spacial score (nSPS) is 11.9. The Kier molecular flexibility index (Phi) is 6.89. The summed E-state index contributed by atoms with van der Waals surface area (Å²) in [5, 5.41) is 5.91. The number of para-hydroxylation sites is 2. The number of furan rings is 1. The van der Waals surface area contributed by atoms with Gasteiger partial charge in [0.1, 0.15) is 11.1 Å². The van der Waals surface area contributed by atoms with Gasteiger partial charge in [0.05, 0.1) is 22.1 Å². The molecule has 0 aliphatic rings. The fourth-order valence-corrected chi connectivity index (χ4v) is 8.92. The van der Waals surface area contributed by atoms with Gasteiger partial charge in [0.2, 0.25) is 0 Å². The molecule has 4 heteroatoms. The monoisotopic (exact) mass is 727 g/mol. The molecule has 0 atom stereocenters. The first-order valence-electron chi connectivity index (χ1n) is 19.4. The number of nitrogens with zero attached hydrogens (tertiary/aromatic N) is 3. The van der Waals surface area contributed by atoms with E-state index in [0.29, 0.717) is 0 Å². The summed E-state index contributed by atoms with van der Waals surface area (Å²) in [6.07, 6.45) is 1.83. The quantitative estimate of drug-likeness (QED) is 0.177. The molecule has 266 valence electrons. The summed E-state index contributed by atoms with van der Waals surface area (Å²) in [4.78, 5) is 4.65. The molecule has 4 nitrogen and oxygen atoms in total. The van der Waals surface area contributed by atoms with E-state index >= 15 is 0 Å². The fourth-order valence-electron chi connectivity index (χ4n) is 8.92. The van der Waals surface area contributed by atoms with Crippen LogP contribution in [0.5, 0.6) is 0 Å². The van der Waals surface area contributed by atoms with Gasteiger partial charge in [-0.25, -0.2) is 0 Å².